The highest BCUT2D eigenvalue weighted by Crippen LogP contribution is 2.08. The van der Waals surface area contributed by atoms with Crippen LogP contribution < -0.4 is 0 Å². The van der Waals surface area contributed by atoms with E-state index in [9.17, 15) is 9.59 Å². The highest BCUT2D eigenvalue weighted by molar-refractivity contribution is 5.82. The third-order valence-corrected chi connectivity index (χ3v) is 2.94. The van der Waals surface area contributed by atoms with Crippen molar-refractivity contribution in [2.24, 2.45) is 0 Å². The average molecular weight is 265 g/mol. The van der Waals surface area contributed by atoms with Gasteiger partial charge in [0.1, 0.15) is 6.04 Å². The van der Waals surface area contributed by atoms with Crippen molar-refractivity contribution in [2.75, 3.05) is 14.1 Å². The van der Waals surface area contributed by atoms with E-state index in [4.69, 9.17) is 5.11 Å². The number of aromatic nitrogens is 1. The Bertz CT molecular complexity index is 436. The first-order chi connectivity index (χ1) is 8.97. The van der Waals surface area contributed by atoms with Gasteiger partial charge in [-0.3, -0.25) is 4.98 Å². The van der Waals surface area contributed by atoms with Gasteiger partial charge in [0, 0.05) is 33.0 Å². The predicted molar refractivity (Wildman–Crippen MR) is 70.6 cm³/mol. The Balaban J connectivity index is 2.68. The molecule has 0 saturated carbocycles. The van der Waals surface area contributed by atoms with Gasteiger partial charge in [0.15, 0.2) is 0 Å². The zero-order chi connectivity index (χ0) is 14.4. The lowest BCUT2D eigenvalue weighted by Crippen LogP contribution is -2.47. The number of pyridine rings is 1. The maximum atomic E-state index is 12.1. The SMILES string of the molecule is CCC(C(=O)O)N(C)C(=O)N(C)Cc1ccncc1. The number of carboxylic acids is 1. The highest BCUT2D eigenvalue weighted by Gasteiger charge is 2.26. The van der Waals surface area contributed by atoms with Crippen LogP contribution in [-0.2, 0) is 11.3 Å². The van der Waals surface area contributed by atoms with Crippen molar-refractivity contribution in [2.45, 2.75) is 25.9 Å². The number of rotatable bonds is 5. The molecule has 0 radical (unpaired) electrons. The molecule has 6 heteroatoms. The van der Waals surface area contributed by atoms with Gasteiger partial charge in [-0.1, -0.05) is 6.92 Å². The van der Waals surface area contributed by atoms with Crippen LogP contribution >= 0.6 is 0 Å². The van der Waals surface area contributed by atoms with Gasteiger partial charge in [-0.2, -0.15) is 0 Å². The molecule has 104 valence electrons. The fourth-order valence-electron chi connectivity index (χ4n) is 1.85. The molecule has 2 amide bonds. The van der Waals surface area contributed by atoms with Crippen LogP contribution in [0.25, 0.3) is 0 Å². The van der Waals surface area contributed by atoms with E-state index in [0.717, 1.165) is 5.56 Å². The van der Waals surface area contributed by atoms with Crippen LogP contribution in [-0.4, -0.2) is 52.0 Å². The van der Waals surface area contributed by atoms with Crippen molar-refractivity contribution in [3.8, 4) is 0 Å². The molecule has 6 nitrogen and oxygen atoms in total. The van der Waals surface area contributed by atoms with Crippen LogP contribution in [0.3, 0.4) is 0 Å². The zero-order valence-corrected chi connectivity index (χ0v) is 11.4. The second kappa shape index (κ2) is 6.72. The fraction of sp³-hybridized carbons (Fsp3) is 0.462. The quantitative estimate of drug-likeness (QED) is 0.874. The number of likely N-dealkylation sites (N-methyl/N-ethyl adjacent to an activating group) is 1. The number of nitrogens with zero attached hydrogens (tertiary/aromatic N) is 3. The summed E-state index contributed by atoms with van der Waals surface area (Å²) in [6, 6.07) is 2.52. The highest BCUT2D eigenvalue weighted by atomic mass is 16.4. The van der Waals surface area contributed by atoms with Crippen LogP contribution in [0.1, 0.15) is 18.9 Å². The Hall–Kier alpha value is -2.11. The van der Waals surface area contributed by atoms with E-state index in [1.54, 1.807) is 26.4 Å². The van der Waals surface area contributed by atoms with Crippen LogP contribution in [0.4, 0.5) is 4.79 Å². The summed E-state index contributed by atoms with van der Waals surface area (Å²) < 4.78 is 0. The van der Waals surface area contributed by atoms with Gasteiger partial charge in [0.2, 0.25) is 0 Å². The third-order valence-electron chi connectivity index (χ3n) is 2.94. The molecule has 0 fully saturated rings. The van der Waals surface area contributed by atoms with Gasteiger partial charge >= 0.3 is 12.0 Å². The fourth-order valence-corrected chi connectivity index (χ4v) is 1.85. The number of hydrogen-bond donors (Lipinski definition) is 1. The summed E-state index contributed by atoms with van der Waals surface area (Å²) in [6.45, 7) is 2.16. The number of carbonyl (C=O) groups excluding carboxylic acids is 1. The Morgan fingerprint density at radius 1 is 1.32 bits per heavy atom. The summed E-state index contributed by atoms with van der Waals surface area (Å²) in [4.78, 5) is 29.8. The number of amides is 2. The predicted octanol–water partition coefficient (Wildman–Crippen LogP) is 1.43. The van der Waals surface area contributed by atoms with Crippen molar-refractivity contribution in [3.63, 3.8) is 0 Å². The van der Waals surface area contributed by atoms with E-state index in [-0.39, 0.29) is 6.03 Å². The average Bonchev–Trinajstić information content (AvgIpc) is 2.39. The van der Waals surface area contributed by atoms with Crippen LogP contribution in [0.15, 0.2) is 24.5 Å². The summed E-state index contributed by atoms with van der Waals surface area (Å²) in [5, 5.41) is 9.04. The zero-order valence-electron chi connectivity index (χ0n) is 11.4. The minimum Gasteiger partial charge on any atom is -0.480 e. The second-order valence-corrected chi connectivity index (χ2v) is 4.37. The number of urea groups is 1. The van der Waals surface area contributed by atoms with Crippen molar-refractivity contribution in [3.05, 3.63) is 30.1 Å². The minimum atomic E-state index is -0.990. The summed E-state index contributed by atoms with van der Waals surface area (Å²) in [5.74, 6) is -0.990. The molecule has 0 spiro atoms. The third kappa shape index (κ3) is 3.94. The molecule has 0 aromatic carbocycles. The van der Waals surface area contributed by atoms with Gasteiger partial charge in [0.25, 0.3) is 0 Å². The summed E-state index contributed by atoms with van der Waals surface area (Å²) >= 11 is 0. The van der Waals surface area contributed by atoms with Crippen molar-refractivity contribution in [1.82, 2.24) is 14.8 Å². The van der Waals surface area contributed by atoms with E-state index < -0.39 is 12.0 Å². The Kier molecular flexibility index (Phi) is 5.29. The van der Waals surface area contributed by atoms with E-state index in [0.29, 0.717) is 13.0 Å². The van der Waals surface area contributed by atoms with Crippen molar-refractivity contribution >= 4 is 12.0 Å². The molecule has 1 unspecified atom stereocenters. The molecular formula is C13H19N3O3. The van der Waals surface area contributed by atoms with Crippen molar-refractivity contribution in [1.29, 1.82) is 0 Å². The van der Waals surface area contributed by atoms with E-state index in [1.165, 1.54) is 16.8 Å². The van der Waals surface area contributed by atoms with Gasteiger partial charge in [-0.15, -0.1) is 0 Å². The standard InChI is InChI=1S/C13H19N3O3/c1-4-11(12(17)18)16(3)13(19)15(2)9-10-5-7-14-8-6-10/h5-8,11H,4,9H2,1-3H3,(H,17,18). The topological polar surface area (TPSA) is 73.7 Å². The lowest BCUT2D eigenvalue weighted by Gasteiger charge is -2.28. The van der Waals surface area contributed by atoms with Crippen LogP contribution in [0, 0.1) is 0 Å². The van der Waals surface area contributed by atoms with Gasteiger partial charge < -0.3 is 14.9 Å². The molecule has 1 atom stereocenters. The molecule has 1 heterocycles. The summed E-state index contributed by atoms with van der Waals surface area (Å²) in [5.41, 5.74) is 0.947. The molecule has 19 heavy (non-hydrogen) atoms. The number of hydrogen-bond acceptors (Lipinski definition) is 3. The lowest BCUT2D eigenvalue weighted by atomic mass is 10.2. The molecule has 0 aliphatic rings. The molecule has 0 aliphatic carbocycles. The number of carbonyl (C=O) groups is 2. The molecule has 1 rings (SSSR count). The first-order valence-corrected chi connectivity index (χ1v) is 6.07. The molecule has 0 saturated heterocycles. The largest absolute Gasteiger partial charge is 0.480 e. The first kappa shape index (κ1) is 14.9. The Labute approximate surface area is 112 Å². The maximum absolute atomic E-state index is 12.1. The molecule has 0 bridgehead atoms. The Morgan fingerprint density at radius 3 is 2.37 bits per heavy atom. The normalized spacial score (nSPS) is 11.7. The lowest BCUT2D eigenvalue weighted by molar-refractivity contribution is -0.142. The summed E-state index contributed by atoms with van der Waals surface area (Å²) in [6.07, 6.45) is 3.69. The van der Waals surface area contributed by atoms with E-state index in [2.05, 4.69) is 4.98 Å². The Morgan fingerprint density at radius 2 is 1.89 bits per heavy atom. The first-order valence-electron chi connectivity index (χ1n) is 6.07. The summed E-state index contributed by atoms with van der Waals surface area (Å²) in [7, 11) is 3.15. The van der Waals surface area contributed by atoms with Gasteiger partial charge in [0.05, 0.1) is 0 Å². The molecule has 1 aromatic rings. The molecule has 0 aliphatic heterocycles. The minimum absolute atomic E-state index is 0.314. The monoisotopic (exact) mass is 265 g/mol. The van der Waals surface area contributed by atoms with E-state index >= 15 is 0 Å². The second-order valence-electron chi connectivity index (χ2n) is 4.37. The number of aliphatic carboxylic acids is 1. The number of carboxylic acid groups (broad SMARTS) is 1. The molecule has 1 aromatic heterocycles. The van der Waals surface area contributed by atoms with Gasteiger partial charge in [-0.05, 0) is 24.1 Å². The van der Waals surface area contributed by atoms with Crippen molar-refractivity contribution < 1.29 is 14.7 Å². The van der Waals surface area contributed by atoms with Crippen LogP contribution in [0.5, 0.6) is 0 Å². The molecule has 1 N–H and O–H groups in total. The molecular weight excluding hydrogens is 246 g/mol. The van der Waals surface area contributed by atoms with E-state index in [1.807, 2.05) is 12.1 Å². The maximum Gasteiger partial charge on any atom is 0.326 e. The van der Waals surface area contributed by atoms with Crippen LogP contribution in [0.2, 0.25) is 0 Å². The van der Waals surface area contributed by atoms with Gasteiger partial charge in [-0.25, -0.2) is 9.59 Å². The smallest absolute Gasteiger partial charge is 0.326 e.